The minimum Gasteiger partial charge on any atom is -0.467 e. The van der Waals surface area contributed by atoms with Crippen LogP contribution in [0, 0.1) is 0 Å². The molecule has 168 valence electrons. The number of rotatable bonds is 8. The highest BCUT2D eigenvalue weighted by Crippen LogP contribution is 2.45. The molecule has 0 bridgehead atoms. The molecular weight excluding hydrogens is 415 g/mol. The van der Waals surface area contributed by atoms with E-state index in [2.05, 4.69) is 15.4 Å². The lowest BCUT2D eigenvalue weighted by Gasteiger charge is -2.26. The predicted molar refractivity (Wildman–Crippen MR) is 109 cm³/mol. The van der Waals surface area contributed by atoms with Crippen LogP contribution in [-0.4, -0.2) is 53.7 Å². The van der Waals surface area contributed by atoms with Crippen molar-refractivity contribution in [3.63, 3.8) is 0 Å². The van der Waals surface area contributed by atoms with E-state index in [1.165, 1.54) is 6.92 Å². The average Bonchev–Trinajstić information content (AvgIpc) is 2.64. The Kier molecular flexibility index (Phi) is 9.32. The van der Waals surface area contributed by atoms with Crippen molar-refractivity contribution in [2.75, 3.05) is 13.3 Å². The van der Waals surface area contributed by atoms with Crippen molar-refractivity contribution in [1.82, 2.24) is 10.6 Å². The summed E-state index contributed by atoms with van der Waals surface area (Å²) < 4.78 is 27.4. The number of methoxy groups -OCH3 is 1. The molecule has 11 heteroatoms. The second-order valence-corrected chi connectivity index (χ2v) is 10.2. The highest BCUT2D eigenvalue weighted by Gasteiger charge is 2.37. The molecular formula is C19H29N2O8P. The molecule has 0 radical (unpaired) electrons. The van der Waals surface area contributed by atoms with Gasteiger partial charge >= 0.3 is 18.2 Å². The Morgan fingerprint density at radius 2 is 1.70 bits per heavy atom. The lowest BCUT2D eigenvalue weighted by Crippen LogP contribution is -2.47. The molecule has 0 saturated heterocycles. The fraction of sp³-hybridized carbons (Fsp3) is 0.526. The molecule has 1 aromatic rings. The number of carbonyl (C=O) groups is 3. The third kappa shape index (κ3) is 9.28. The molecule has 0 heterocycles. The third-order valence-corrected chi connectivity index (χ3v) is 5.99. The standard InChI is InChI=1S/C19H29N2O8P/c1-13(20-17(23)28-11-14-9-7-6-8-10-14)30(25,26)12-15(16(22)27-5)21-18(24)29-19(2,3)4/h6-10,13,15H,11-12H2,1-5H3,(H,20,23)(H,21,24)(H,25,26). The van der Waals surface area contributed by atoms with Gasteiger partial charge in [0, 0.05) is 0 Å². The van der Waals surface area contributed by atoms with E-state index in [0.29, 0.717) is 0 Å². The number of nitrogens with one attached hydrogen (secondary N) is 2. The molecule has 3 N–H and O–H groups in total. The van der Waals surface area contributed by atoms with Crippen LogP contribution in [0.5, 0.6) is 0 Å². The Morgan fingerprint density at radius 3 is 2.23 bits per heavy atom. The lowest BCUT2D eigenvalue weighted by molar-refractivity contribution is -0.142. The highest BCUT2D eigenvalue weighted by atomic mass is 31.2. The molecule has 1 aromatic carbocycles. The first-order chi connectivity index (χ1) is 13.8. The zero-order valence-electron chi connectivity index (χ0n) is 17.7. The van der Waals surface area contributed by atoms with E-state index in [9.17, 15) is 23.8 Å². The van der Waals surface area contributed by atoms with Crippen molar-refractivity contribution in [3.05, 3.63) is 35.9 Å². The van der Waals surface area contributed by atoms with Gasteiger partial charge in [0.05, 0.1) is 13.3 Å². The maximum atomic E-state index is 12.7. The summed E-state index contributed by atoms with van der Waals surface area (Å²) in [6.45, 7) is 6.17. The molecule has 30 heavy (non-hydrogen) atoms. The smallest absolute Gasteiger partial charge is 0.408 e. The molecule has 2 amide bonds. The Balaban J connectivity index is 2.70. The highest BCUT2D eigenvalue weighted by molar-refractivity contribution is 7.58. The zero-order valence-corrected chi connectivity index (χ0v) is 18.6. The van der Waals surface area contributed by atoms with Gasteiger partial charge in [0.25, 0.3) is 0 Å². The predicted octanol–water partition coefficient (Wildman–Crippen LogP) is 2.60. The molecule has 0 aliphatic carbocycles. The number of alkyl carbamates (subject to hydrolysis) is 2. The van der Waals surface area contributed by atoms with Crippen LogP contribution in [0.25, 0.3) is 0 Å². The summed E-state index contributed by atoms with van der Waals surface area (Å²) in [6.07, 6.45) is -2.50. The monoisotopic (exact) mass is 444 g/mol. The maximum absolute atomic E-state index is 12.7. The van der Waals surface area contributed by atoms with Crippen LogP contribution in [0.1, 0.15) is 33.3 Å². The number of benzene rings is 1. The van der Waals surface area contributed by atoms with Gasteiger partial charge in [-0.3, -0.25) is 4.57 Å². The molecule has 0 saturated carbocycles. The fourth-order valence-corrected chi connectivity index (χ4v) is 3.61. The van der Waals surface area contributed by atoms with E-state index in [0.717, 1.165) is 12.7 Å². The maximum Gasteiger partial charge on any atom is 0.408 e. The number of esters is 1. The van der Waals surface area contributed by atoms with Crippen molar-refractivity contribution in [2.24, 2.45) is 0 Å². The first-order valence-electron chi connectivity index (χ1n) is 9.20. The van der Waals surface area contributed by atoms with Gasteiger partial charge in [-0.1, -0.05) is 30.3 Å². The molecule has 0 fully saturated rings. The Bertz CT molecular complexity index is 778. The van der Waals surface area contributed by atoms with Crippen LogP contribution in [0.15, 0.2) is 30.3 Å². The summed E-state index contributed by atoms with van der Waals surface area (Å²) in [5, 5.41) is 4.50. The number of amides is 2. The number of hydrogen-bond donors (Lipinski definition) is 3. The van der Waals surface area contributed by atoms with Crippen LogP contribution < -0.4 is 10.6 Å². The fourth-order valence-electron chi connectivity index (χ4n) is 2.23. The summed E-state index contributed by atoms with van der Waals surface area (Å²) in [5.74, 6) is -2.16. The second-order valence-electron chi connectivity index (χ2n) is 7.54. The average molecular weight is 444 g/mol. The molecule has 0 aliphatic rings. The van der Waals surface area contributed by atoms with Crippen LogP contribution >= 0.6 is 7.37 Å². The largest absolute Gasteiger partial charge is 0.467 e. The van der Waals surface area contributed by atoms with Gasteiger partial charge in [-0.05, 0) is 33.3 Å². The van der Waals surface area contributed by atoms with Gasteiger partial charge in [0.2, 0.25) is 7.37 Å². The third-order valence-electron chi connectivity index (χ3n) is 3.77. The van der Waals surface area contributed by atoms with E-state index in [1.54, 1.807) is 45.0 Å². The Labute approximate surface area is 175 Å². The van der Waals surface area contributed by atoms with Gasteiger partial charge < -0.3 is 29.7 Å². The van der Waals surface area contributed by atoms with E-state index in [4.69, 9.17) is 9.47 Å². The van der Waals surface area contributed by atoms with Gasteiger partial charge in [0.15, 0.2) is 0 Å². The van der Waals surface area contributed by atoms with Gasteiger partial charge in [-0.25, -0.2) is 14.4 Å². The van der Waals surface area contributed by atoms with E-state index in [1.807, 2.05) is 6.07 Å². The van der Waals surface area contributed by atoms with Crippen LogP contribution in [-0.2, 0) is 30.2 Å². The van der Waals surface area contributed by atoms with Crippen LogP contribution in [0.3, 0.4) is 0 Å². The summed E-state index contributed by atoms with van der Waals surface area (Å²) in [5.41, 5.74) is -0.0785. The van der Waals surface area contributed by atoms with Crippen molar-refractivity contribution >= 4 is 25.5 Å². The SMILES string of the molecule is COC(=O)C(CP(=O)(O)C(C)NC(=O)OCc1ccccc1)NC(=O)OC(C)(C)C. The number of carbonyl (C=O) groups excluding carboxylic acids is 3. The van der Waals surface area contributed by atoms with E-state index < -0.39 is 49.1 Å². The number of hydrogen-bond acceptors (Lipinski definition) is 7. The number of ether oxygens (including phenoxy) is 3. The van der Waals surface area contributed by atoms with Crippen molar-refractivity contribution < 1.29 is 38.1 Å². The summed E-state index contributed by atoms with van der Waals surface area (Å²) >= 11 is 0. The second kappa shape index (κ2) is 11.0. The topological polar surface area (TPSA) is 140 Å². The molecule has 0 aliphatic heterocycles. The molecule has 3 unspecified atom stereocenters. The van der Waals surface area contributed by atoms with Gasteiger partial charge in [-0.15, -0.1) is 0 Å². The molecule has 10 nitrogen and oxygen atoms in total. The normalized spacial score (nSPS) is 15.1. The van der Waals surface area contributed by atoms with E-state index >= 15 is 0 Å². The van der Waals surface area contributed by atoms with Crippen molar-refractivity contribution in [2.45, 2.75) is 51.7 Å². The summed E-state index contributed by atoms with van der Waals surface area (Å²) in [6, 6.07) is 7.47. The molecule has 0 aromatic heterocycles. The first kappa shape index (κ1) is 25.5. The molecule has 1 rings (SSSR count). The minimum atomic E-state index is -4.15. The Hall–Kier alpha value is -2.58. The van der Waals surface area contributed by atoms with Gasteiger partial charge in [0.1, 0.15) is 24.0 Å². The first-order valence-corrected chi connectivity index (χ1v) is 11.1. The lowest BCUT2D eigenvalue weighted by atomic mass is 10.2. The molecule has 3 atom stereocenters. The quantitative estimate of drug-likeness (QED) is 0.316. The Morgan fingerprint density at radius 1 is 1.10 bits per heavy atom. The van der Waals surface area contributed by atoms with Gasteiger partial charge in [-0.2, -0.15) is 0 Å². The summed E-state index contributed by atoms with van der Waals surface area (Å²) in [7, 11) is -3.07. The van der Waals surface area contributed by atoms with Crippen LogP contribution in [0.2, 0.25) is 0 Å². The minimum absolute atomic E-state index is 0.0138. The van der Waals surface area contributed by atoms with Crippen molar-refractivity contribution in [1.29, 1.82) is 0 Å². The van der Waals surface area contributed by atoms with E-state index in [-0.39, 0.29) is 6.61 Å². The summed E-state index contributed by atoms with van der Waals surface area (Å²) in [4.78, 5) is 46.2. The van der Waals surface area contributed by atoms with Crippen LogP contribution in [0.4, 0.5) is 9.59 Å². The van der Waals surface area contributed by atoms with Crippen molar-refractivity contribution in [3.8, 4) is 0 Å². The zero-order chi connectivity index (χ0) is 22.9. The molecule has 0 spiro atoms.